The topological polar surface area (TPSA) is 36.9 Å². The third-order valence-electron chi connectivity index (χ3n) is 5.84. The summed E-state index contributed by atoms with van der Waals surface area (Å²) in [4.78, 5) is 23.4. The van der Waals surface area contributed by atoms with E-state index in [1.54, 1.807) is 0 Å². The SMILES string of the molecule is CC1CCC2(CC1)OOC1(CCCCCCCCCCC1)OO2. The summed E-state index contributed by atoms with van der Waals surface area (Å²) in [6.45, 7) is 2.28. The molecular weight excluding hydrogens is 292 g/mol. The first-order valence-electron chi connectivity index (χ1n) is 9.96. The zero-order valence-electron chi connectivity index (χ0n) is 14.8. The van der Waals surface area contributed by atoms with Gasteiger partial charge in [0.15, 0.2) is 0 Å². The van der Waals surface area contributed by atoms with Crippen LogP contribution >= 0.6 is 0 Å². The summed E-state index contributed by atoms with van der Waals surface area (Å²) in [6, 6.07) is 0. The third-order valence-corrected chi connectivity index (χ3v) is 5.84. The second-order valence-corrected chi connectivity index (χ2v) is 8.02. The highest BCUT2D eigenvalue weighted by atomic mass is 17.4. The predicted molar refractivity (Wildman–Crippen MR) is 88.2 cm³/mol. The van der Waals surface area contributed by atoms with E-state index in [0.717, 1.165) is 57.3 Å². The zero-order chi connectivity index (χ0) is 16.0. The molecule has 3 aliphatic rings. The van der Waals surface area contributed by atoms with Gasteiger partial charge in [0, 0.05) is 25.7 Å². The van der Waals surface area contributed by atoms with Crippen LogP contribution in [0.25, 0.3) is 0 Å². The second-order valence-electron chi connectivity index (χ2n) is 8.02. The summed E-state index contributed by atoms with van der Waals surface area (Å²) in [5.74, 6) is -0.584. The molecule has 0 aromatic rings. The predicted octanol–water partition coefficient (Wildman–Crippen LogP) is 5.80. The highest BCUT2D eigenvalue weighted by molar-refractivity contribution is 4.79. The summed E-state index contributed by atoms with van der Waals surface area (Å²) in [5.41, 5.74) is 0. The standard InChI is InChI=1S/C19H34O4/c1-17-11-15-19(16-12-17)22-20-18(21-23-19)13-9-7-5-3-2-4-6-8-10-14-18/h17H,2-16H2,1H3. The Labute approximate surface area is 141 Å². The third kappa shape index (κ3) is 4.91. The molecular formula is C19H34O4. The van der Waals surface area contributed by atoms with Crippen molar-refractivity contribution in [2.75, 3.05) is 0 Å². The van der Waals surface area contributed by atoms with Crippen molar-refractivity contribution in [3.05, 3.63) is 0 Å². The lowest BCUT2D eigenvalue weighted by Crippen LogP contribution is -2.52. The van der Waals surface area contributed by atoms with Crippen molar-refractivity contribution >= 4 is 0 Å². The van der Waals surface area contributed by atoms with Crippen LogP contribution in [0.5, 0.6) is 0 Å². The number of hydrogen-bond donors (Lipinski definition) is 0. The van der Waals surface area contributed by atoms with Gasteiger partial charge in [0.25, 0.3) is 0 Å². The summed E-state index contributed by atoms with van der Waals surface area (Å²) < 4.78 is 0. The van der Waals surface area contributed by atoms with Crippen LogP contribution in [0, 0.1) is 5.92 Å². The van der Waals surface area contributed by atoms with Crippen molar-refractivity contribution in [2.24, 2.45) is 5.92 Å². The van der Waals surface area contributed by atoms with E-state index in [1.807, 2.05) is 0 Å². The van der Waals surface area contributed by atoms with Gasteiger partial charge in [-0.25, -0.2) is 0 Å². The van der Waals surface area contributed by atoms with Gasteiger partial charge >= 0.3 is 0 Å². The smallest absolute Gasteiger partial charge is 0.195 e. The molecule has 2 aliphatic carbocycles. The molecule has 0 bridgehead atoms. The van der Waals surface area contributed by atoms with Crippen molar-refractivity contribution in [2.45, 2.75) is 115 Å². The molecule has 2 saturated carbocycles. The molecule has 1 heterocycles. The van der Waals surface area contributed by atoms with Crippen LogP contribution in [-0.4, -0.2) is 11.6 Å². The summed E-state index contributed by atoms with van der Waals surface area (Å²) >= 11 is 0. The average molecular weight is 326 g/mol. The molecule has 0 aromatic heterocycles. The minimum absolute atomic E-state index is 0.651. The Balaban J connectivity index is 1.54. The molecule has 0 radical (unpaired) electrons. The highest BCUT2D eigenvalue weighted by Crippen LogP contribution is 2.43. The lowest BCUT2D eigenvalue weighted by atomic mass is 9.86. The van der Waals surface area contributed by atoms with Crippen LogP contribution in [-0.2, 0) is 19.6 Å². The van der Waals surface area contributed by atoms with Gasteiger partial charge in [-0.15, -0.1) is 0 Å². The van der Waals surface area contributed by atoms with E-state index in [0.29, 0.717) is 0 Å². The molecule has 3 rings (SSSR count). The molecule has 23 heavy (non-hydrogen) atoms. The Hall–Kier alpha value is -0.160. The van der Waals surface area contributed by atoms with Gasteiger partial charge in [0.05, 0.1) is 0 Å². The van der Waals surface area contributed by atoms with E-state index in [-0.39, 0.29) is 0 Å². The molecule has 1 saturated heterocycles. The Bertz CT molecular complexity index is 325. The fourth-order valence-electron chi connectivity index (χ4n) is 4.02. The summed E-state index contributed by atoms with van der Waals surface area (Å²) in [5, 5.41) is 0. The molecule has 3 fully saturated rings. The maximum Gasteiger partial charge on any atom is 0.234 e. The van der Waals surface area contributed by atoms with E-state index < -0.39 is 11.6 Å². The first-order chi connectivity index (χ1) is 11.2. The number of rotatable bonds is 0. The van der Waals surface area contributed by atoms with Gasteiger partial charge in [-0.05, 0) is 31.6 Å². The maximum atomic E-state index is 5.89. The van der Waals surface area contributed by atoms with Gasteiger partial charge in [0.1, 0.15) is 0 Å². The minimum atomic E-state index is -0.673. The molecule has 2 spiro atoms. The monoisotopic (exact) mass is 326 g/mol. The second kappa shape index (κ2) is 8.28. The first-order valence-corrected chi connectivity index (χ1v) is 9.96. The quantitative estimate of drug-likeness (QED) is 0.527. The zero-order valence-corrected chi connectivity index (χ0v) is 14.8. The molecule has 134 valence electrons. The van der Waals surface area contributed by atoms with Gasteiger partial charge in [0.2, 0.25) is 11.6 Å². The van der Waals surface area contributed by atoms with Crippen LogP contribution in [0.2, 0.25) is 0 Å². The fourth-order valence-corrected chi connectivity index (χ4v) is 4.02. The van der Waals surface area contributed by atoms with E-state index >= 15 is 0 Å². The van der Waals surface area contributed by atoms with Crippen LogP contribution in [0.4, 0.5) is 0 Å². The normalized spacial score (nSPS) is 30.7. The molecule has 4 nitrogen and oxygen atoms in total. The Morgan fingerprint density at radius 2 is 0.870 bits per heavy atom. The van der Waals surface area contributed by atoms with Crippen molar-refractivity contribution in [3.63, 3.8) is 0 Å². The molecule has 0 atom stereocenters. The van der Waals surface area contributed by atoms with Gasteiger partial charge < -0.3 is 0 Å². The van der Waals surface area contributed by atoms with Crippen molar-refractivity contribution in [1.29, 1.82) is 0 Å². The molecule has 1 aliphatic heterocycles. The molecule has 0 N–H and O–H groups in total. The first kappa shape index (κ1) is 17.7. The van der Waals surface area contributed by atoms with Crippen molar-refractivity contribution < 1.29 is 19.6 Å². The Morgan fingerprint density at radius 1 is 0.522 bits per heavy atom. The van der Waals surface area contributed by atoms with Gasteiger partial charge in [-0.2, -0.15) is 19.6 Å². The fraction of sp³-hybridized carbons (Fsp3) is 1.00. The molecule has 0 aromatic carbocycles. The van der Waals surface area contributed by atoms with Crippen molar-refractivity contribution in [1.82, 2.24) is 0 Å². The average Bonchev–Trinajstić information content (AvgIpc) is 2.56. The molecule has 0 amide bonds. The van der Waals surface area contributed by atoms with E-state index in [1.165, 1.54) is 44.9 Å². The van der Waals surface area contributed by atoms with E-state index in [9.17, 15) is 0 Å². The largest absolute Gasteiger partial charge is 0.234 e. The van der Waals surface area contributed by atoms with E-state index in [2.05, 4.69) is 6.92 Å². The lowest BCUT2D eigenvalue weighted by molar-refractivity contribution is -0.661. The highest BCUT2D eigenvalue weighted by Gasteiger charge is 2.49. The molecule has 4 heteroatoms. The van der Waals surface area contributed by atoms with Crippen LogP contribution < -0.4 is 0 Å². The summed E-state index contributed by atoms with van der Waals surface area (Å²) in [6.07, 6.45) is 17.2. The van der Waals surface area contributed by atoms with Crippen molar-refractivity contribution in [3.8, 4) is 0 Å². The maximum absolute atomic E-state index is 5.89. The lowest BCUT2D eigenvalue weighted by Gasteiger charge is -2.45. The van der Waals surface area contributed by atoms with Crippen LogP contribution in [0.3, 0.4) is 0 Å². The summed E-state index contributed by atoms with van der Waals surface area (Å²) in [7, 11) is 0. The molecule has 0 unspecified atom stereocenters. The Kier molecular flexibility index (Phi) is 6.36. The van der Waals surface area contributed by atoms with Crippen LogP contribution in [0.1, 0.15) is 103 Å². The Morgan fingerprint density at radius 3 is 1.30 bits per heavy atom. The van der Waals surface area contributed by atoms with Gasteiger partial charge in [-0.3, -0.25) is 0 Å². The number of hydrogen-bond acceptors (Lipinski definition) is 4. The van der Waals surface area contributed by atoms with E-state index in [4.69, 9.17) is 19.6 Å². The minimum Gasteiger partial charge on any atom is -0.195 e. The van der Waals surface area contributed by atoms with Crippen LogP contribution in [0.15, 0.2) is 0 Å². The van der Waals surface area contributed by atoms with Gasteiger partial charge in [-0.1, -0.05) is 51.9 Å².